The van der Waals surface area contributed by atoms with Gasteiger partial charge < -0.3 is 4.29 Å². The highest BCUT2D eigenvalue weighted by Gasteiger charge is 2.17. The second-order valence-electron chi connectivity index (χ2n) is 11.7. The maximum Gasteiger partial charge on any atom is 0.172 e. The first-order valence-electron chi connectivity index (χ1n) is 15.5. The van der Waals surface area contributed by atoms with Gasteiger partial charge in [0.2, 0.25) is 0 Å². The number of benzene rings is 7. The number of nitrogens with zero attached hydrogens (tertiary/aromatic N) is 3. The van der Waals surface area contributed by atoms with Crippen molar-refractivity contribution in [2.75, 3.05) is 0 Å². The topological polar surface area (TPSA) is 39.9 Å². The van der Waals surface area contributed by atoms with Gasteiger partial charge >= 0.3 is 0 Å². The number of para-hydroxylation sites is 3. The number of halogens is 1. The van der Waals surface area contributed by atoms with Gasteiger partial charge in [0.1, 0.15) is 23.2 Å². The monoisotopic (exact) mass is 623 g/mol. The molecule has 0 spiro atoms. The average Bonchev–Trinajstić information content (AvgIpc) is 3.53. The molecule has 9 rings (SSSR count). The van der Waals surface area contributed by atoms with Gasteiger partial charge in [-0.2, -0.15) is 0 Å². The van der Waals surface area contributed by atoms with Crippen LogP contribution in [0.4, 0.5) is 0 Å². The van der Waals surface area contributed by atoms with E-state index in [1.54, 1.807) is 6.20 Å². The van der Waals surface area contributed by atoms with Crippen molar-refractivity contribution in [1.82, 2.24) is 14.5 Å². The predicted molar refractivity (Wildman–Crippen MR) is 194 cm³/mol. The zero-order valence-electron chi connectivity index (χ0n) is 25.1. The second kappa shape index (κ2) is 11.1. The van der Waals surface area contributed by atoms with E-state index >= 15 is 0 Å². The molecule has 222 valence electrons. The number of pyridine rings is 1. The average molecular weight is 624 g/mol. The summed E-state index contributed by atoms with van der Waals surface area (Å²) < 4.78 is 7.35. The summed E-state index contributed by atoms with van der Waals surface area (Å²) in [5.41, 5.74) is 9.48. The third-order valence-corrected chi connectivity index (χ3v) is 9.16. The Labute approximate surface area is 276 Å². The molecule has 0 bridgehead atoms. The Morgan fingerprint density at radius 1 is 0.532 bits per heavy atom. The number of fused-ring (bicyclic) bond motifs is 4. The molecule has 2 heterocycles. The van der Waals surface area contributed by atoms with Crippen LogP contribution in [0.15, 0.2) is 158 Å². The van der Waals surface area contributed by atoms with Crippen molar-refractivity contribution >= 4 is 55.3 Å². The molecule has 7 aromatic carbocycles. The van der Waals surface area contributed by atoms with Crippen LogP contribution >= 0.6 is 11.9 Å². The first-order chi connectivity index (χ1) is 23.3. The summed E-state index contributed by atoms with van der Waals surface area (Å²) >= 11 is 5.78. The van der Waals surface area contributed by atoms with Crippen molar-refractivity contribution in [1.29, 1.82) is 0 Å². The molecule has 0 amide bonds. The van der Waals surface area contributed by atoms with E-state index < -0.39 is 0 Å². The number of hydrogen-bond donors (Lipinski definition) is 0. The van der Waals surface area contributed by atoms with Crippen LogP contribution in [0, 0.1) is 0 Å². The smallest absolute Gasteiger partial charge is 0.172 e. The lowest BCUT2D eigenvalue weighted by Crippen LogP contribution is -1.97. The Bertz CT molecular complexity index is 2630. The summed E-state index contributed by atoms with van der Waals surface area (Å²) in [5.74, 6) is 1.46. The van der Waals surface area contributed by atoms with Crippen molar-refractivity contribution in [3.05, 3.63) is 158 Å². The molecule has 5 heteroatoms. The van der Waals surface area contributed by atoms with E-state index in [2.05, 4.69) is 137 Å². The van der Waals surface area contributed by atoms with E-state index in [1.165, 1.54) is 27.1 Å². The first-order valence-corrected chi connectivity index (χ1v) is 15.8. The zero-order chi connectivity index (χ0) is 31.3. The van der Waals surface area contributed by atoms with Gasteiger partial charge in [-0.15, -0.1) is 0 Å². The SMILES string of the molecule is ClOc1ccc(-c2cccc3cc4c(-c5cccc(-c6nc7ccccc7n6-c6ccccc6)c5)cccc4cc23)c2cccnc12. The number of hydrogen-bond acceptors (Lipinski definition) is 3. The molecule has 0 saturated heterocycles. The van der Waals surface area contributed by atoms with Gasteiger partial charge in [-0.25, -0.2) is 4.98 Å². The molecule has 2 aromatic heterocycles. The molecular formula is C42H26ClN3O. The molecule has 0 aliphatic carbocycles. The quantitative estimate of drug-likeness (QED) is 0.179. The summed E-state index contributed by atoms with van der Waals surface area (Å²) in [6.07, 6.45) is 1.76. The highest BCUT2D eigenvalue weighted by Crippen LogP contribution is 2.40. The third kappa shape index (κ3) is 4.53. The molecule has 0 atom stereocenters. The van der Waals surface area contributed by atoms with Gasteiger partial charge in [-0.1, -0.05) is 91.0 Å². The minimum Gasteiger partial charge on any atom is -0.383 e. The van der Waals surface area contributed by atoms with Crippen LogP contribution in [0.2, 0.25) is 0 Å². The molecule has 9 aromatic rings. The minimum atomic E-state index is 0.544. The third-order valence-electron chi connectivity index (χ3n) is 8.99. The van der Waals surface area contributed by atoms with Gasteiger partial charge in [0.15, 0.2) is 5.75 Å². The van der Waals surface area contributed by atoms with Crippen molar-refractivity contribution < 1.29 is 4.29 Å². The molecular weight excluding hydrogens is 598 g/mol. The molecule has 0 fully saturated rings. The van der Waals surface area contributed by atoms with Crippen LogP contribution in [0.1, 0.15) is 0 Å². The van der Waals surface area contributed by atoms with E-state index in [-0.39, 0.29) is 0 Å². The van der Waals surface area contributed by atoms with Crippen molar-refractivity contribution in [3.63, 3.8) is 0 Å². The largest absolute Gasteiger partial charge is 0.383 e. The fraction of sp³-hybridized carbons (Fsp3) is 0. The van der Waals surface area contributed by atoms with Gasteiger partial charge in [-0.05, 0) is 104 Å². The van der Waals surface area contributed by atoms with E-state index in [0.717, 1.165) is 55.7 Å². The van der Waals surface area contributed by atoms with Crippen LogP contribution < -0.4 is 4.29 Å². The molecule has 47 heavy (non-hydrogen) atoms. The van der Waals surface area contributed by atoms with E-state index in [9.17, 15) is 0 Å². The highest BCUT2D eigenvalue weighted by atomic mass is 35.5. The van der Waals surface area contributed by atoms with E-state index in [1.807, 2.05) is 24.3 Å². The van der Waals surface area contributed by atoms with Crippen LogP contribution in [0.3, 0.4) is 0 Å². The number of imidazole rings is 1. The molecule has 4 nitrogen and oxygen atoms in total. The summed E-state index contributed by atoms with van der Waals surface area (Å²) in [6, 6.07) is 53.1. The molecule has 0 radical (unpaired) electrons. The Kier molecular flexibility index (Phi) is 6.47. The highest BCUT2D eigenvalue weighted by molar-refractivity contribution is 6.13. The van der Waals surface area contributed by atoms with Gasteiger partial charge in [0.05, 0.1) is 11.0 Å². The fourth-order valence-corrected chi connectivity index (χ4v) is 6.99. The van der Waals surface area contributed by atoms with Crippen LogP contribution in [0.25, 0.3) is 82.8 Å². The number of aromatic nitrogens is 3. The maximum atomic E-state index is 5.78. The lowest BCUT2D eigenvalue weighted by atomic mass is 9.91. The first kappa shape index (κ1) is 27.3. The van der Waals surface area contributed by atoms with Crippen molar-refractivity contribution in [3.8, 4) is 45.1 Å². The summed E-state index contributed by atoms with van der Waals surface area (Å²) in [4.78, 5) is 9.67. The summed E-state index contributed by atoms with van der Waals surface area (Å²) in [6.45, 7) is 0. The molecule has 0 N–H and O–H groups in total. The zero-order valence-corrected chi connectivity index (χ0v) is 25.9. The van der Waals surface area contributed by atoms with Crippen LogP contribution in [-0.2, 0) is 0 Å². The minimum absolute atomic E-state index is 0.544. The maximum absolute atomic E-state index is 5.78. The van der Waals surface area contributed by atoms with Gasteiger partial charge in [0.25, 0.3) is 0 Å². The summed E-state index contributed by atoms with van der Waals surface area (Å²) in [5, 5.41) is 5.70. The molecule has 0 aliphatic heterocycles. The fourth-order valence-electron chi connectivity index (χ4n) is 6.87. The molecule has 0 unspecified atom stereocenters. The lowest BCUT2D eigenvalue weighted by Gasteiger charge is -2.14. The number of rotatable bonds is 5. The Hall–Kier alpha value is -5.97. The van der Waals surface area contributed by atoms with Crippen molar-refractivity contribution in [2.24, 2.45) is 0 Å². The standard InChI is InChI=1S/C42H26ClN3O/c43-47-40-22-21-34(35-18-9-23-44-41(35)40)33-17-8-12-29-25-36-28(26-37(29)33)11-7-16-32(36)27-10-6-13-30(24-27)42-45-38-19-4-5-20-39(38)46(42)31-14-2-1-3-15-31/h1-26H. The Morgan fingerprint density at radius 3 is 2.06 bits per heavy atom. The van der Waals surface area contributed by atoms with Crippen LogP contribution in [0.5, 0.6) is 5.75 Å². The molecule has 0 aliphatic rings. The second-order valence-corrected chi connectivity index (χ2v) is 11.8. The van der Waals surface area contributed by atoms with E-state index in [4.69, 9.17) is 21.1 Å². The van der Waals surface area contributed by atoms with Crippen LogP contribution in [-0.4, -0.2) is 14.5 Å². The lowest BCUT2D eigenvalue weighted by molar-refractivity contribution is 0.625. The molecule has 0 saturated carbocycles. The van der Waals surface area contributed by atoms with Crippen molar-refractivity contribution in [2.45, 2.75) is 0 Å². The summed E-state index contributed by atoms with van der Waals surface area (Å²) in [7, 11) is 0. The van der Waals surface area contributed by atoms with E-state index in [0.29, 0.717) is 5.75 Å². The van der Waals surface area contributed by atoms with Gasteiger partial charge in [-0.3, -0.25) is 9.55 Å². The Morgan fingerprint density at radius 2 is 1.23 bits per heavy atom. The predicted octanol–water partition coefficient (Wildman–Crippen LogP) is 11.4. The normalized spacial score (nSPS) is 11.5. The Balaban J connectivity index is 1.21. The van der Waals surface area contributed by atoms with Gasteiger partial charge in [0, 0.05) is 22.8 Å².